The number of aromatic nitrogens is 1. The number of rotatable bonds is 3. The molecule has 0 atom stereocenters. The van der Waals surface area contributed by atoms with Crippen molar-refractivity contribution in [3.05, 3.63) is 69.7 Å². The minimum Gasteiger partial charge on any atom is -0.289 e. The summed E-state index contributed by atoms with van der Waals surface area (Å²) in [6.07, 6.45) is 6.13. The van der Waals surface area contributed by atoms with E-state index in [1.807, 2.05) is 0 Å². The average molecular weight is 296 g/mol. The topological polar surface area (TPSA) is 30.0 Å². The first kappa shape index (κ1) is 13.7. The van der Waals surface area contributed by atoms with Crippen LogP contribution in [0.3, 0.4) is 0 Å². The Morgan fingerprint density at radius 3 is 2.74 bits per heavy atom. The second-order valence-corrected chi connectivity index (χ2v) is 4.54. The molecule has 0 bridgehead atoms. The van der Waals surface area contributed by atoms with Crippen molar-refractivity contribution >= 4 is 35.1 Å². The van der Waals surface area contributed by atoms with E-state index < -0.39 is 11.6 Å². The van der Waals surface area contributed by atoms with Crippen LogP contribution < -0.4 is 0 Å². The average Bonchev–Trinajstić information content (AvgIpc) is 2.41. The first-order valence-corrected chi connectivity index (χ1v) is 6.10. The fourth-order valence-electron chi connectivity index (χ4n) is 1.45. The van der Waals surface area contributed by atoms with Gasteiger partial charge in [0.15, 0.2) is 5.78 Å². The first-order valence-electron chi connectivity index (χ1n) is 5.35. The van der Waals surface area contributed by atoms with E-state index in [1.165, 1.54) is 12.1 Å². The quantitative estimate of drug-likeness (QED) is 0.476. The van der Waals surface area contributed by atoms with Crippen LogP contribution in [0.4, 0.5) is 4.39 Å². The summed E-state index contributed by atoms with van der Waals surface area (Å²) in [5.41, 5.74) is 0.838. The van der Waals surface area contributed by atoms with Crippen molar-refractivity contribution in [2.45, 2.75) is 0 Å². The van der Waals surface area contributed by atoms with Crippen molar-refractivity contribution in [2.75, 3.05) is 0 Å². The Morgan fingerprint density at radius 2 is 2.05 bits per heavy atom. The summed E-state index contributed by atoms with van der Waals surface area (Å²) in [5, 5.41) is 0.00465. The predicted octanol–water partition coefficient (Wildman–Crippen LogP) is 4.42. The highest BCUT2D eigenvalue weighted by molar-refractivity contribution is 6.37. The van der Waals surface area contributed by atoms with Gasteiger partial charge in [0.1, 0.15) is 5.82 Å². The molecule has 0 spiro atoms. The standard InChI is InChI=1S/C14H8Cl2FNO/c15-11-7-12(16)13(17)6-10(11)14(19)4-3-9-2-1-5-18-8-9/h1-8H/b4-3+. The van der Waals surface area contributed by atoms with E-state index >= 15 is 0 Å². The highest BCUT2D eigenvalue weighted by Crippen LogP contribution is 2.25. The lowest BCUT2D eigenvalue weighted by Gasteiger charge is -2.02. The lowest BCUT2D eigenvalue weighted by molar-refractivity contribution is 0.104. The third-order valence-electron chi connectivity index (χ3n) is 2.39. The zero-order valence-electron chi connectivity index (χ0n) is 9.61. The molecule has 96 valence electrons. The Hall–Kier alpha value is -1.71. The highest BCUT2D eigenvalue weighted by atomic mass is 35.5. The second-order valence-electron chi connectivity index (χ2n) is 3.73. The molecule has 19 heavy (non-hydrogen) atoms. The van der Waals surface area contributed by atoms with Gasteiger partial charge in [-0.25, -0.2) is 4.39 Å². The minimum atomic E-state index is -0.677. The monoisotopic (exact) mass is 295 g/mol. The summed E-state index contributed by atoms with van der Waals surface area (Å²) in [6.45, 7) is 0. The maximum Gasteiger partial charge on any atom is 0.187 e. The van der Waals surface area contributed by atoms with Gasteiger partial charge in [-0.05, 0) is 35.9 Å². The van der Waals surface area contributed by atoms with Crippen molar-refractivity contribution in [3.63, 3.8) is 0 Å². The van der Waals surface area contributed by atoms with Gasteiger partial charge >= 0.3 is 0 Å². The van der Waals surface area contributed by atoms with E-state index in [-0.39, 0.29) is 15.6 Å². The number of carbonyl (C=O) groups is 1. The number of benzene rings is 1. The number of ketones is 1. The number of nitrogens with zero attached hydrogens (tertiary/aromatic N) is 1. The van der Waals surface area contributed by atoms with Crippen molar-refractivity contribution in [1.82, 2.24) is 4.98 Å². The van der Waals surface area contributed by atoms with E-state index in [2.05, 4.69) is 4.98 Å². The van der Waals surface area contributed by atoms with Gasteiger partial charge in [-0.15, -0.1) is 0 Å². The molecule has 0 saturated heterocycles. The molecule has 1 aromatic heterocycles. The van der Waals surface area contributed by atoms with Crippen molar-refractivity contribution in [2.24, 2.45) is 0 Å². The van der Waals surface area contributed by atoms with Gasteiger partial charge in [0, 0.05) is 18.0 Å². The van der Waals surface area contributed by atoms with Crippen LogP contribution in [-0.2, 0) is 0 Å². The van der Waals surface area contributed by atoms with Crippen LogP contribution in [-0.4, -0.2) is 10.8 Å². The van der Waals surface area contributed by atoms with Crippen molar-refractivity contribution in [3.8, 4) is 0 Å². The normalized spacial score (nSPS) is 10.9. The molecule has 0 aliphatic heterocycles. The van der Waals surface area contributed by atoms with E-state index in [0.29, 0.717) is 0 Å². The molecule has 0 amide bonds. The fourth-order valence-corrected chi connectivity index (χ4v) is 1.92. The van der Waals surface area contributed by atoms with Crippen molar-refractivity contribution < 1.29 is 9.18 Å². The number of hydrogen-bond acceptors (Lipinski definition) is 2. The van der Waals surface area contributed by atoms with Crippen LogP contribution in [0.25, 0.3) is 6.08 Å². The van der Waals surface area contributed by atoms with Gasteiger partial charge in [-0.2, -0.15) is 0 Å². The zero-order chi connectivity index (χ0) is 13.8. The summed E-state index contributed by atoms with van der Waals surface area (Å²) in [4.78, 5) is 15.8. The number of carbonyl (C=O) groups excluding carboxylic acids is 1. The molecule has 2 aromatic rings. The smallest absolute Gasteiger partial charge is 0.187 e. The molecular formula is C14H8Cl2FNO. The third-order valence-corrected chi connectivity index (χ3v) is 2.99. The third kappa shape index (κ3) is 3.40. The lowest BCUT2D eigenvalue weighted by atomic mass is 10.1. The molecule has 2 rings (SSSR count). The van der Waals surface area contributed by atoms with Crippen molar-refractivity contribution in [1.29, 1.82) is 0 Å². The summed E-state index contributed by atoms with van der Waals surface area (Å²) in [6, 6.07) is 5.78. The first-order chi connectivity index (χ1) is 9.08. The van der Waals surface area contributed by atoms with Gasteiger partial charge in [-0.3, -0.25) is 9.78 Å². The van der Waals surface area contributed by atoms with Gasteiger partial charge in [0.05, 0.1) is 10.0 Å². The van der Waals surface area contributed by atoms with Gasteiger partial charge in [0.2, 0.25) is 0 Å². The fraction of sp³-hybridized carbons (Fsp3) is 0. The molecule has 1 aromatic carbocycles. The lowest BCUT2D eigenvalue weighted by Crippen LogP contribution is -1.97. The van der Waals surface area contributed by atoms with Crippen LogP contribution in [0, 0.1) is 5.82 Å². The second kappa shape index (κ2) is 5.95. The summed E-state index contributed by atoms with van der Waals surface area (Å²) < 4.78 is 13.3. The molecular weight excluding hydrogens is 288 g/mol. The molecule has 0 aliphatic rings. The van der Waals surface area contributed by atoms with Gasteiger partial charge in [0.25, 0.3) is 0 Å². The number of pyridine rings is 1. The Labute approximate surface area is 119 Å². The molecule has 0 saturated carbocycles. The Kier molecular flexibility index (Phi) is 4.30. The number of hydrogen-bond donors (Lipinski definition) is 0. The van der Waals surface area contributed by atoms with Crippen LogP contribution in [0.2, 0.25) is 10.0 Å². The largest absolute Gasteiger partial charge is 0.289 e. The Balaban J connectivity index is 2.26. The van der Waals surface area contributed by atoms with E-state index in [4.69, 9.17) is 23.2 Å². The van der Waals surface area contributed by atoms with Crippen LogP contribution >= 0.6 is 23.2 Å². The molecule has 0 radical (unpaired) electrons. The summed E-state index contributed by atoms with van der Waals surface area (Å²) in [5.74, 6) is -1.08. The van der Waals surface area contributed by atoms with Crippen LogP contribution in [0.5, 0.6) is 0 Å². The Morgan fingerprint density at radius 1 is 1.26 bits per heavy atom. The van der Waals surface area contributed by atoms with E-state index in [1.54, 1.807) is 30.6 Å². The maximum atomic E-state index is 13.3. The van der Waals surface area contributed by atoms with E-state index in [9.17, 15) is 9.18 Å². The van der Waals surface area contributed by atoms with Crippen LogP contribution in [0.15, 0.2) is 42.7 Å². The van der Waals surface area contributed by atoms with Crippen LogP contribution in [0.1, 0.15) is 15.9 Å². The predicted molar refractivity (Wildman–Crippen MR) is 74.0 cm³/mol. The minimum absolute atomic E-state index is 0.0729. The summed E-state index contributed by atoms with van der Waals surface area (Å²) in [7, 11) is 0. The molecule has 0 fully saturated rings. The maximum absolute atomic E-state index is 13.3. The molecule has 0 unspecified atom stereocenters. The molecule has 0 aliphatic carbocycles. The van der Waals surface area contributed by atoms with Gasteiger partial charge in [-0.1, -0.05) is 29.3 Å². The molecule has 0 N–H and O–H groups in total. The van der Waals surface area contributed by atoms with E-state index in [0.717, 1.165) is 11.6 Å². The molecule has 5 heteroatoms. The number of allylic oxidation sites excluding steroid dienone is 1. The molecule has 1 heterocycles. The zero-order valence-corrected chi connectivity index (χ0v) is 11.1. The highest BCUT2D eigenvalue weighted by Gasteiger charge is 2.11. The SMILES string of the molecule is O=C(/C=C/c1cccnc1)c1cc(F)c(Cl)cc1Cl. The number of halogens is 3. The Bertz CT molecular complexity index is 641. The summed E-state index contributed by atoms with van der Waals surface area (Å²) >= 11 is 11.4. The molecule has 2 nitrogen and oxygen atoms in total. The van der Waals surface area contributed by atoms with Gasteiger partial charge < -0.3 is 0 Å².